The zero-order valence-corrected chi connectivity index (χ0v) is 15.1. The van der Waals surface area contributed by atoms with Crippen LogP contribution in [0.4, 0.5) is 11.4 Å². The van der Waals surface area contributed by atoms with Crippen molar-refractivity contribution in [3.8, 4) is 5.75 Å². The van der Waals surface area contributed by atoms with Crippen LogP contribution in [0, 0.1) is 0 Å². The summed E-state index contributed by atoms with van der Waals surface area (Å²) in [7, 11) is 1.57. The van der Waals surface area contributed by atoms with Gasteiger partial charge in [-0.15, -0.1) is 0 Å². The minimum Gasteiger partial charge on any atom is -0.495 e. The van der Waals surface area contributed by atoms with Crippen LogP contribution in [0.25, 0.3) is 0 Å². The summed E-state index contributed by atoms with van der Waals surface area (Å²) >= 11 is 6.09. The number of benzene rings is 2. The molecular formula is C19H23ClN3O2+. The van der Waals surface area contributed by atoms with Crippen molar-refractivity contribution in [2.24, 2.45) is 0 Å². The first-order chi connectivity index (χ1) is 12.2. The SMILES string of the molecule is COc1ccc(NC(=O)C[NH+]2CCN(c3ccccc3)CC2)cc1Cl. The van der Waals surface area contributed by atoms with Gasteiger partial charge in [0.15, 0.2) is 6.54 Å². The van der Waals surface area contributed by atoms with Gasteiger partial charge in [-0.25, -0.2) is 0 Å². The summed E-state index contributed by atoms with van der Waals surface area (Å²) in [6.07, 6.45) is 0. The third-order valence-corrected chi connectivity index (χ3v) is 4.73. The number of carbonyl (C=O) groups excluding carboxylic acids is 1. The van der Waals surface area contributed by atoms with E-state index in [1.165, 1.54) is 10.6 Å². The van der Waals surface area contributed by atoms with E-state index in [0.29, 0.717) is 23.0 Å². The lowest BCUT2D eigenvalue weighted by atomic mass is 10.2. The van der Waals surface area contributed by atoms with Crippen LogP contribution in [-0.4, -0.2) is 45.7 Å². The minimum absolute atomic E-state index is 0.00407. The number of piperazine rings is 1. The van der Waals surface area contributed by atoms with Gasteiger partial charge in [0.05, 0.1) is 38.3 Å². The van der Waals surface area contributed by atoms with Crippen LogP contribution in [0.15, 0.2) is 48.5 Å². The third-order valence-electron chi connectivity index (χ3n) is 4.44. The summed E-state index contributed by atoms with van der Waals surface area (Å²) in [6, 6.07) is 15.7. The molecule has 0 aliphatic carbocycles. The van der Waals surface area contributed by atoms with Crippen LogP contribution in [-0.2, 0) is 4.79 Å². The standard InChI is InChI=1S/C19H22ClN3O2/c1-25-18-8-7-15(13-17(18)20)21-19(24)14-22-9-11-23(12-10-22)16-5-3-2-4-6-16/h2-8,13H,9-12,14H2,1H3,(H,21,24)/p+1. The van der Waals surface area contributed by atoms with Gasteiger partial charge in [-0.05, 0) is 30.3 Å². The Morgan fingerprint density at radius 3 is 2.56 bits per heavy atom. The predicted molar refractivity (Wildman–Crippen MR) is 101 cm³/mol. The summed E-state index contributed by atoms with van der Waals surface area (Å²) < 4.78 is 5.12. The van der Waals surface area contributed by atoms with Crippen molar-refractivity contribution >= 4 is 28.9 Å². The molecule has 5 nitrogen and oxygen atoms in total. The van der Waals surface area contributed by atoms with Gasteiger partial charge in [0, 0.05) is 11.4 Å². The zero-order valence-electron chi connectivity index (χ0n) is 14.3. The molecule has 1 aliphatic heterocycles. The van der Waals surface area contributed by atoms with E-state index >= 15 is 0 Å². The van der Waals surface area contributed by atoms with Gasteiger partial charge in [-0.2, -0.15) is 0 Å². The molecule has 0 spiro atoms. The van der Waals surface area contributed by atoms with Crippen molar-refractivity contribution in [2.45, 2.75) is 0 Å². The van der Waals surface area contributed by atoms with Gasteiger partial charge in [0.1, 0.15) is 5.75 Å². The molecule has 0 unspecified atom stereocenters. The number of ether oxygens (including phenoxy) is 1. The molecule has 132 valence electrons. The Bertz CT molecular complexity index is 716. The Kier molecular flexibility index (Phi) is 5.79. The first kappa shape index (κ1) is 17.6. The van der Waals surface area contributed by atoms with Crippen LogP contribution in [0.2, 0.25) is 5.02 Å². The highest BCUT2D eigenvalue weighted by molar-refractivity contribution is 6.32. The van der Waals surface area contributed by atoms with Gasteiger partial charge < -0.3 is 19.9 Å². The summed E-state index contributed by atoms with van der Waals surface area (Å²) in [5.74, 6) is 0.603. The fourth-order valence-electron chi connectivity index (χ4n) is 3.07. The maximum atomic E-state index is 12.3. The summed E-state index contributed by atoms with van der Waals surface area (Å²) in [4.78, 5) is 15.9. The number of para-hydroxylation sites is 1. The van der Waals surface area contributed by atoms with E-state index in [4.69, 9.17) is 16.3 Å². The number of nitrogens with one attached hydrogen (secondary N) is 2. The molecule has 0 bridgehead atoms. The molecule has 0 radical (unpaired) electrons. The molecular weight excluding hydrogens is 338 g/mol. The number of carbonyl (C=O) groups is 1. The highest BCUT2D eigenvalue weighted by Crippen LogP contribution is 2.27. The van der Waals surface area contributed by atoms with Crippen LogP contribution >= 0.6 is 11.6 Å². The first-order valence-corrected chi connectivity index (χ1v) is 8.80. The molecule has 25 heavy (non-hydrogen) atoms. The number of hydrogen-bond acceptors (Lipinski definition) is 3. The van der Waals surface area contributed by atoms with Crippen molar-refractivity contribution in [2.75, 3.05) is 50.1 Å². The molecule has 1 fully saturated rings. The minimum atomic E-state index is 0.00407. The third kappa shape index (κ3) is 4.65. The van der Waals surface area contributed by atoms with E-state index in [-0.39, 0.29) is 5.91 Å². The molecule has 0 saturated carbocycles. The van der Waals surface area contributed by atoms with Crippen molar-refractivity contribution in [1.82, 2.24) is 0 Å². The number of halogens is 1. The maximum absolute atomic E-state index is 12.3. The second kappa shape index (κ2) is 8.23. The predicted octanol–water partition coefficient (Wildman–Crippen LogP) is 1.69. The van der Waals surface area contributed by atoms with Gasteiger partial charge in [0.2, 0.25) is 0 Å². The summed E-state index contributed by atoms with van der Waals surface area (Å²) in [6.45, 7) is 4.28. The van der Waals surface area contributed by atoms with Gasteiger partial charge >= 0.3 is 0 Å². The quantitative estimate of drug-likeness (QED) is 0.853. The van der Waals surface area contributed by atoms with Crippen molar-refractivity contribution in [3.63, 3.8) is 0 Å². The lowest BCUT2D eigenvalue weighted by Gasteiger charge is -2.33. The number of anilines is 2. The van der Waals surface area contributed by atoms with E-state index < -0.39 is 0 Å². The lowest BCUT2D eigenvalue weighted by molar-refractivity contribution is -0.892. The average Bonchev–Trinajstić information content (AvgIpc) is 2.63. The Labute approximate surface area is 153 Å². The molecule has 1 aliphatic rings. The molecule has 0 aromatic heterocycles. The molecule has 3 rings (SSSR count). The largest absolute Gasteiger partial charge is 0.495 e. The summed E-state index contributed by atoms with van der Waals surface area (Å²) in [5, 5.41) is 3.40. The highest BCUT2D eigenvalue weighted by Gasteiger charge is 2.22. The van der Waals surface area contributed by atoms with E-state index in [2.05, 4.69) is 34.5 Å². The van der Waals surface area contributed by atoms with Crippen LogP contribution in [0.1, 0.15) is 0 Å². The fraction of sp³-hybridized carbons (Fsp3) is 0.316. The number of quaternary nitrogens is 1. The van der Waals surface area contributed by atoms with Gasteiger partial charge in [0.25, 0.3) is 5.91 Å². The molecule has 2 aromatic carbocycles. The topological polar surface area (TPSA) is 46.0 Å². The van der Waals surface area contributed by atoms with Crippen molar-refractivity contribution in [3.05, 3.63) is 53.6 Å². The second-order valence-corrected chi connectivity index (χ2v) is 6.55. The Hall–Kier alpha value is -2.24. The normalized spacial score (nSPS) is 15.0. The van der Waals surface area contributed by atoms with E-state index in [1.807, 2.05) is 6.07 Å². The van der Waals surface area contributed by atoms with Crippen molar-refractivity contribution in [1.29, 1.82) is 0 Å². The fourth-order valence-corrected chi connectivity index (χ4v) is 3.33. The number of hydrogen-bond donors (Lipinski definition) is 2. The Morgan fingerprint density at radius 1 is 1.20 bits per heavy atom. The van der Waals surface area contributed by atoms with Gasteiger partial charge in [-0.3, -0.25) is 4.79 Å². The average molecular weight is 361 g/mol. The monoisotopic (exact) mass is 360 g/mol. The van der Waals surface area contributed by atoms with Crippen LogP contribution < -0.4 is 19.9 Å². The molecule has 0 atom stereocenters. The maximum Gasteiger partial charge on any atom is 0.279 e. The van der Waals surface area contributed by atoms with E-state index in [9.17, 15) is 4.79 Å². The van der Waals surface area contributed by atoms with E-state index in [1.54, 1.807) is 25.3 Å². The van der Waals surface area contributed by atoms with Gasteiger partial charge in [-0.1, -0.05) is 29.8 Å². The van der Waals surface area contributed by atoms with Crippen LogP contribution in [0.3, 0.4) is 0 Å². The smallest absolute Gasteiger partial charge is 0.279 e. The molecule has 1 saturated heterocycles. The van der Waals surface area contributed by atoms with E-state index in [0.717, 1.165) is 26.2 Å². The first-order valence-electron chi connectivity index (χ1n) is 8.42. The molecule has 6 heteroatoms. The zero-order chi connectivity index (χ0) is 17.6. The number of rotatable bonds is 5. The summed E-state index contributed by atoms with van der Waals surface area (Å²) in [5.41, 5.74) is 1.94. The Balaban J connectivity index is 1.49. The number of methoxy groups -OCH3 is 1. The molecule has 2 N–H and O–H groups in total. The lowest BCUT2D eigenvalue weighted by Crippen LogP contribution is -3.15. The molecule has 1 amide bonds. The number of nitrogens with zero attached hydrogens (tertiary/aromatic N) is 1. The second-order valence-electron chi connectivity index (χ2n) is 6.15. The van der Waals surface area contributed by atoms with Crippen molar-refractivity contribution < 1.29 is 14.4 Å². The molecule has 2 aromatic rings. The molecule has 1 heterocycles. The Morgan fingerprint density at radius 2 is 1.92 bits per heavy atom. The van der Waals surface area contributed by atoms with Crippen LogP contribution in [0.5, 0.6) is 5.75 Å². The highest BCUT2D eigenvalue weighted by atomic mass is 35.5. The number of amides is 1.